The molecule has 0 spiro atoms. The van der Waals surface area contributed by atoms with E-state index in [9.17, 15) is 9.18 Å². The highest BCUT2D eigenvalue weighted by atomic mass is 32.1. The zero-order valence-electron chi connectivity index (χ0n) is 14.2. The number of hydrogen-bond acceptors (Lipinski definition) is 6. The number of thiazole rings is 1. The zero-order valence-corrected chi connectivity index (χ0v) is 15.0. The Hall–Kier alpha value is -2.93. The first-order valence-electron chi connectivity index (χ1n) is 7.71. The van der Waals surface area contributed by atoms with Crippen LogP contribution in [0, 0.1) is 5.82 Å². The van der Waals surface area contributed by atoms with Crippen molar-refractivity contribution in [1.82, 2.24) is 4.98 Å². The van der Waals surface area contributed by atoms with Gasteiger partial charge >= 0.3 is 5.97 Å². The maximum absolute atomic E-state index is 12.9. The summed E-state index contributed by atoms with van der Waals surface area (Å²) >= 11 is 1.41. The molecular weight excluding hydrogens is 357 g/mol. The lowest BCUT2D eigenvalue weighted by Crippen LogP contribution is -2.05. The van der Waals surface area contributed by atoms with Crippen LogP contribution in [-0.2, 0) is 11.3 Å². The van der Waals surface area contributed by atoms with E-state index in [1.54, 1.807) is 20.3 Å². The molecule has 0 bridgehead atoms. The highest BCUT2D eigenvalue weighted by Gasteiger charge is 2.15. The van der Waals surface area contributed by atoms with Crippen molar-refractivity contribution in [2.75, 3.05) is 14.2 Å². The minimum absolute atomic E-state index is 0.0268. The molecule has 0 saturated heterocycles. The third kappa shape index (κ3) is 3.83. The van der Waals surface area contributed by atoms with Gasteiger partial charge in [0.25, 0.3) is 0 Å². The number of para-hydroxylation sites is 1. The molecule has 1 aromatic heterocycles. The van der Waals surface area contributed by atoms with E-state index in [-0.39, 0.29) is 12.2 Å². The van der Waals surface area contributed by atoms with Crippen LogP contribution in [0.2, 0.25) is 0 Å². The fraction of sp³-hybridized carbons (Fsp3) is 0.158. The molecule has 0 aliphatic carbocycles. The topological polar surface area (TPSA) is 57.7 Å². The van der Waals surface area contributed by atoms with Gasteiger partial charge in [0.15, 0.2) is 11.5 Å². The molecule has 0 fully saturated rings. The smallest absolute Gasteiger partial charge is 0.338 e. The molecule has 7 heteroatoms. The van der Waals surface area contributed by atoms with Gasteiger partial charge in [0.1, 0.15) is 17.4 Å². The lowest BCUT2D eigenvalue weighted by molar-refractivity contribution is 0.0468. The number of esters is 1. The Morgan fingerprint density at radius 1 is 1.12 bits per heavy atom. The normalized spacial score (nSPS) is 10.4. The first-order chi connectivity index (χ1) is 12.6. The van der Waals surface area contributed by atoms with Gasteiger partial charge in [-0.1, -0.05) is 6.07 Å². The summed E-state index contributed by atoms with van der Waals surface area (Å²) in [4.78, 5) is 16.5. The average molecular weight is 373 g/mol. The fourth-order valence-electron chi connectivity index (χ4n) is 2.36. The van der Waals surface area contributed by atoms with Crippen molar-refractivity contribution in [2.24, 2.45) is 0 Å². The van der Waals surface area contributed by atoms with Crippen LogP contribution in [0.3, 0.4) is 0 Å². The second-order valence-corrected chi connectivity index (χ2v) is 6.13. The summed E-state index contributed by atoms with van der Waals surface area (Å²) in [7, 11) is 3.14. The van der Waals surface area contributed by atoms with Crippen molar-refractivity contribution < 1.29 is 23.4 Å². The zero-order chi connectivity index (χ0) is 18.5. The summed E-state index contributed by atoms with van der Waals surface area (Å²) in [5.41, 5.74) is 1.70. The van der Waals surface area contributed by atoms with E-state index in [1.807, 2.05) is 17.5 Å². The predicted octanol–water partition coefficient (Wildman–Crippen LogP) is 4.32. The average Bonchev–Trinajstić information content (AvgIpc) is 3.14. The van der Waals surface area contributed by atoms with Crippen LogP contribution in [0.1, 0.15) is 16.1 Å². The van der Waals surface area contributed by atoms with E-state index in [0.717, 1.165) is 10.6 Å². The van der Waals surface area contributed by atoms with E-state index >= 15 is 0 Å². The van der Waals surface area contributed by atoms with Gasteiger partial charge in [-0.3, -0.25) is 0 Å². The lowest BCUT2D eigenvalue weighted by atomic mass is 10.2. The lowest BCUT2D eigenvalue weighted by Gasteiger charge is -2.10. The molecule has 0 N–H and O–H groups in total. The van der Waals surface area contributed by atoms with Gasteiger partial charge in [-0.25, -0.2) is 14.2 Å². The Labute approximate surface area is 154 Å². The monoisotopic (exact) mass is 373 g/mol. The summed E-state index contributed by atoms with van der Waals surface area (Å²) in [5.74, 6) is 0.278. The maximum atomic E-state index is 12.9. The first-order valence-corrected chi connectivity index (χ1v) is 8.58. The Morgan fingerprint density at radius 2 is 1.88 bits per heavy atom. The van der Waals surface area contributed by atoms with E-state index in [2.05, 4.69) is 4.98 Å². The van der Waals surface area contributed by atoms with Crippen molar-refractivity contribution in [3.63, 3.8) is 0 Å². The first kappa shape index (κ1) is 17.9. The van der Waals surface area contributed by atoms with E-state index in [4.69, 9.17) is 14.2 Å². The molecule has 26 heavy (non-hydrogen) atoms. The Balaban J connectivity index is 1.72. The van der Waals surface area contributed by atoms with Gasteiger partial charge in [0.05, 0.1) is 31.0 Å². The number of carbonyl (C=O) groups excluding carboxylic acids is 1. The van der Waals surface area contributed by atoms with Crippen LogP contribution >= 0.6 is 11.3 Å². The molecule has 0 amide bonds. The molecule has 0 saturated carbocycles. The van der Waals surface area contributed by atoms with Crippen molar-refractivity contribution in [3.8, 4) is 22.1 Å². The van der Waals surface area contributed by atoms with Gasteiger partial charge < -0.3 is 14.2 Å². The number of hydrogen-bond donors (Lipinski definition) is 0. The number of halogens is 1. The molecule has 1 heterocycles. The molecule has 0 aliphatic rings. The van der Waals surface area contributed by atoms with Crippen LogP contribution in [0.15, 0.2) is 47.8 Å². The van der Waals surface area contributed by atoms with Crippen LogP contribution in [0.4, 0.5) is 4.39 Å². The van der Waals surface area contributed by atoms with Crippen molar-refractivity contribution >= 4 is 17.3 Å². The number of carbonyl (C=O) groups is 1. The third-order valence-corrected chi connectivity index (χ3v) is 4.54. The number of nitrogens with zero attached hydrogens (tertiary/aromatic N) is 1. The molecule has 0 atom stereocenters. The van der Waals surface area contributed by atoms with E-state index < -0.39 is 11.8 Å². The molecule has 0 aliphatic heterocycles. The fourth-order valence-corrected chi connectivity index (χ4v) is 3.19. The predicted molar refractivity (Wildman–Crippen MR) is 96.2 cm³/mol. The van der Waals surface area contributed by atoms with Crippen LogP contribution in [-0.4, -0.2) is 25.2 Å². The molecule has 5 nitrogen and oxygen atoms in total. The van der Waals surface area contributed by atoms with Crippen molar-refractivity contribution in [2.45, 2.75) is 6.61 Å². The standard InChI is InChI=1S/C19H16FNO4S/c1-23-16-5-3-4-15(17(16)24-2)18-21-14(11-26-18)10-25-19(22)12-6-8-13(20)9-7-12/h3-9,11H,10H2,1-2H3. The Kier molecular flexibility index (Phi) is 5.48. The van der Waals surface area contributed by atoms with Crippen LogP contribution < -0.4 is 9.47 Å². The molecule has 3 rings (SSSR count). The quantitative estimate of drug-likeness (QED) is 0.602. The van der Waals surface area contributed by atoms with Crippen molar-refractivity contribution in [1.29, 1.82) is 0 Å². The largest absolute Gasteiger partial charge is 0.493 e. The highest BCUT2D eigenvalue weighted by Crippen LogP contribution is 2.39. The summed E-state index contributed by atoms with van der Waals surface area (Å²) < 4.78 is 28.9. The second kappa shape index (κ2) is 7.97. The van der Waals surface area contributed by atoms with Crippen LogP contribution in [0.25, 0.3) is 10.6 Å². The summed E-state index contributed by atoms with van der Waals surface area (Å²) in [5, 5.41) is 2.54. The third-order valence-electron chi connectivity index (χ3n) is 3.62. The van der Waals surface area contributed by atoms with Crippen LogP contribution in [0.5, 0.6) is 11.5 Å². The number of benzene rings is 2. The highest BCUT2D eigenvalue weighted by molar-refractivity contribution is 7.13. The van der Waals surface area contributed by atoms with Gasteiger partial charge in [-0.15, -0.1) is 11.3 Å². The maximum Gasteiger partial charge on any atom is 0.338 e. The van der Waals surface area contributed by atoms with Crippen molar-refractivity contribution in [3.05, 3.63) is 64.9 Å². The molecule has 0 radical (unpaired) electrons. The summed E-state index contributed by atoms with van der Waals surface area (Å²) in [6.45, 7) is 0.0268. The number of ether oxygens (including phenoxy) is 3. The number of aromatic nitrogens is 1. The molecule has 3 aromatic rings. The van der Waals surface area contributed by atoms with E-state index in [1.165, 1.54) is 35.6 Å². The summed E-state index contributed by atoms with van der Waals surface area (Å²) in [6, 6.07) is 10.7. The molecule has 0 unspecified atom stereocenters. The van der Waals surface area contributed by atoms with Gasteiger partial charge in [-0.05, 0) is 36.4 Å². The van der Waals surface area contributed by atoms with Gasteiger partial charge in [0.2, 0.25) is 0 Å². The second-order valence-electron chi connectivity index (χ2n) is 5.27. The Bertz CT molecular complexity index is 908. The SMILES string of the molecule is COc1cccc(-c2nc(COC(=O)c3ccc(F)cc3)cs2)c1OC. The number of methoxy groups -OCH3 is 2. The molecular formula is C19H16FNO4S. The van der Waals surface area contributed by atoms with Gasteiger partial charge in [-0.2, -0.15) is 0 Å². The Morgan fingerprint density at radius 3 is 2.58 bits per heavy atom. The number of rotatable bonds is 6. The molecule has 134 valence electrons. The van der Waals surface area contributed by atoms with Gasteiger partial charge in [0, 0.05) is 5.38 Å². The summed E-state index contributed by atoms with van der Waals surface area (Å²) in [6.07, 6.45) is 0. The minimum atomic E-state index is -0.529. The van der Waals surface area contributed by atoms with E-state index in [0.29, 0.717) is 17.2 Å². The minimum Gasteiger partial charge on any atom is -0.493 e. The molecule has 2 aromatic carbocycles.